The van der Waals surface area contributed by atoms with Crippen LogP contribution in [0.25, 0.3) is 0 Å². The van der Waals surface area contributed by atoms with E-state index in [1.54, 1.807) is 0 Å². The van der Waals surface area contributed by atoms with E-state index in [4.69, 9.17) is 16.3 Å². The van der Waals surface area contributed by atoms with E-state index in [0.717, 1.165) is 37.2 Å². The molecule has 1 aliphatic heterocycles. The van der Waals surface area contributed by atoms with Gasteiger partial charge in [0.1, 0.15) is 0 Å². The van der Waals surface area contributed by atoms with Crippen LogP contribution in [0.3, 0.4) is 0 Å². The summed E-state index contributed by atoms with van der Waals surface area (Å²) in [5, 5.41) is 4.44. The fourth-order valence-electron chi connectivity index (χ4n) is 3.00. The number of rotatable bonds is 7. The molecule has 0 saturated carbocycles. The van der Waals surface area contributed by atoms with E-state index >= 15 is 0 Å². The van der Waals surface area contributed by atoms with Crippen LogP contribution in [0.15, 0.2) is 24.3 Å². The van der Waals surface area contributed by atoms with E-state index in [2.05, 4.69) is 31.3 Å². The minimum Gasteiger partial charge on any atom is -0.381 e. The van der Waals surface area contributed by atoms with Crippen LogP contribution in [0.1, 0.15) is 44.6 Å². The lowest BCUT2D eigenvalue weighted by Gasteiger charge is -2.27. The molecule has 1 aromatic rings. The van der Waals surface area contributed by atoms with Crippen molar-refractivity contribution < 1.29 is 4.74 Å². The molecule has 1 unspecified atom stereocenters. The highest BCUT2D eigenvalue weighted by Gasteiger charge is 2.20. The van der Waals surface area contributed by atoms with Gasteiger partial charge in [-0.2, -0.15) is 0 Å². The van der Waals surface area contributed by atoms with Crippen molar-refractivity contribution in [2.45, 2.75) is 39.0 Å². The fraction of sp³-hybridized carbons (Fsp3) is 0.667. The molecule has 3 heteroatoms. The van der Waals surface area contributed by atoms with Gasteiger partial charge in [0.25, 0.3) is 0 Å². The molecule has 1 aliphatic rings. The quantitative estimate of drug-likeness (QED) is 0.801. The van der Waals surface area contributed by atoms with Crippen molar-refractivity contribution in [1.29, 1.82) is 0 Å². The molecular weight excluding hydrogens is 282 g/mol. The normalized spacial score (nSPS) is 18.1. The summed E-state index contributed by atoms with van der Waals surface area (Å²) in [6.07, 6.45) is 3.65. The number of hydrogen-bond donors (Lipinski definition) is 1. The minimum atomic E-state index is 0.573. The predicted octanol–water partition coefficient (Wildman–Crippen LogP) is 4.49. The van der Waals surface area contributed by atoms with Gasteiger partial charge in [0.15, 0.2) is 0 Å². The van der Waals surface area contributed by atoms with Crippen molar-refractivity contribution in [2.24, 2.45) is 11.8 Å². The zero-order valence-corrected chi connectivity index (χ0v) is 14.0. The van der Waals surface area contributed by atoms with Gasteiger partial charge in [-0.25, -0.2) is 0 Å². The van der Waals surface area contributed by atoms with Crippen LogP contribution >= 0.6 is 11.6 Å². The smallest absolute Gasteiger partial charge is 0.0468 e. The Morgan fingerprint density at radius 3 is 2.43 bits per heavy atom. The number of nitrogens with one attached hydrogen (secondary N) is 1. The first-order chi connectivity index (χ1) is 10.1. The van der Waals surface area contributed by atoms with E-state index in [1.807, 2.05) is 12.1 Å². The second-order valence-corrected chi connectivity index (χ2v) is 7.03. The number of halogens is 1. The summed E-state index contributed by atoms with van der Waals surface area (Å²) in [5.41, 5.74) is 1.40. The van der Waals surface area contributed by atoms with Crippen molar-refractivity contribution in [3.8, 4) is 0 Å². The summed E-state index contributed by atoms with van der Waals surface area (Å²) in [5.74, 6) is 2.06. The predicted molar refractivity (Wildman–Crippen MR) is 90.1 cm³/mol. The molecule has 0 aromatic heterocycles. The molecule has 1 aromatic carbocycles. The van der Waals surface area contributed by atoms with Crippen LogP contribution in [-0.4, -0.2) is 26.3 Å². The van der Waals surface area contributed by atoms with Crippen molar-refractivity contribution in [2.75, 3.05) is 26.3 Å². The van der Waals surface area contributed by atoms with E-state index in [9.17, 15) is 0 Å². The maximum Gasteiger partial charge on any atom is 0.0468 e. The van der Waals surface area contributed by atoms with Crippen molar-refractivity contribution >= 4 is 11.6 Å². The van der Waals surface area contributed by atoms with Crippen LogP contribution in [0.5, 0.6) is 0 Å². The zero-order chi connectivity index (χ0) is 15.1. The molecule has 1 heterocycles. The third-order valence-electron chi connectivity index (χ3n) is 4.24. The standard InChI is InChI=1S/C18H28ClNO/c1-14(2)12-20-13-17(11-15-7-9-21-10-8-15)16-3-5-18(19)6-4-16/h3-6,14-15,17,20H,7-13H2,1-2H3. The Hall–Kier alpha value is -0.570. The number of ether oxygens (including phenoxy) is 1. The molecule has 1 atom stereocenters. The molecule has 0 amide bonds. The summed E-state index contributed by atoms with van der Waals surface area (Å²) in [6, 6.07) is 8.39. The lowest BCUT2D eigenvalue weighted by atomic mass is 9.85. The Labute approximate surface area is 134 Å². The lowest BCUT2D eigenvalue weighted by molar-refractivity contribution is 0.0616. The van der Waals surface area contributed by atoms with E-state index < -0.39 is 0 Å². The summed E-state index contributed by atoms with van der Waals surface area (Å²) in [4.78, 5) is 0. The first-order valence-corrected chi connectivity index (χ1v) is 8.57. The maximum atomic E-state index is 6.02. The Morgan fingerprint density at radius 1 is 1.14 bits per heavy atom. The van der Waals surface area contributed by atoms with Crippen LogP contribution < -0.4 is 5.32 Å². The first-order valence-electron chi connectivity index (χ1n) is 8.19. The van der Waals surface area contributed by atoms with E-state index in [-0.39, 0.29) is 0 Å². The molecule has 0 aliphatic carbocycles. The average Bonchev–Trinajstić information content (AvgIpc) is 2.48. The fourth-order valence-corrected chi connectivity index (χ4v) is 3.13. The molecule has 0 radical (unpaired) electrons. The Kier molecular flexibility index (Phi) is 7.01. The monoisotopic (exact) mass is 309 g/mol. The summed E-state index contributed by atoms with van der Waals surface area (Å²) < 4.78 is 5.48. The second-order valence-electron chi connectivity index (χ2n) is 6.59. The lowest BCUT2D eigenvalue weighted by Crippen LogP contribution is -2.28. The van der Waals surface area contributed by atoms with Gasteiger partial charge in [-0.15, -0.1) is 0 Å². The molecule has 1 N–H and O–H groups in total. The molecule has 2 nitrogen and oxygen atoms in total. The van der Waals surface area contributed by atoms with Crippen LogP contribution in [-0.2, 0) is 4.74 Å². The van der Waals surface area contributed by atoms with Gasteiger partial charge in [-0.05, 0) is 61.3 Å². The third kappa shape index (κ3) is 5.98. The van der Waals surface area contributed by atoms with Crippen LogP contribution in [0, 0.1) is 11.8 Å². The van der Waals surface area contributed by atoms with Crippen LogP contribution in [0.2, 0.25) is 5.02 Å². The average molecular weight is 310 g/mol. The summed E-state index contributed by atoms with van der Waals surface area (Å²) in [6.45, 7) is 8.50. The molecule has 0 spiro atoms. The van der Waals surface area contributed by atoms with Crippen molar-refractivity contribution in [3.63, 3.8) is 0 Å². The molecule has 0 bridgehead atoms. The van der Waals surface area contributed by atoms with Gasteiger partial charge in [-0.1, -0.05) is 37.6 Å². The Bertz CT molecular complexity index is 398. The molecule has 118 valence electrons. The first kappa shape index (κ1) is 16.8. The number of hydrogen-bond acceptors (Lipinski definition) is 2. The topological polar surface area (TPSA) is 21.3 Å². The Balaban J connectivity index is 1.96. The third-order valence-corrected chi connectivity index (χ3v) is 4.50. The van der Waals surface area contributed by atoms with Gasteiger partial charge < -0.3 is 10.1 Å². The van der Waals surface area contributed by atoms with Gasteiger partial charge in [0, 0.05) is 24.8 Å². The van der Waals surface area contributed by atoms with Gasteiger partial charge in [0.05, 0.1) is 0 Å². The summed E-state index contributed by atoms with van der Waals surface area (Å²) >= 11 is 6.02. The highest BCUT2D eigenvalue weighted by Crippen LogP contribution is 2.29. The molecule has 1 saturated heterocycles. The molecule has 1 fully saturated rings. The minimum absolute atomic E-state index is 0.573. The maximum absolute atomic E-state index is 6.02. The zero-order valence-electron chi connectivity index (χ0n) is 13.3. The van der Waals surface area contributed by atoms with E-state index in [0.29, 0.717) is 11.8 Å². The van der Waals surface area contributed by atoms with E-state index in [1.165, 1.54) is 24.8 Å². The largest absolute Gasteiger partial charge is 0.381 e. The SMILES string of the molecule is CC(C)CNCC(CC1CCOCC1)c1ccc(Cl)cc1. The van der Waals surface area contributed by atoms with Gasteiger partial charge in [0.2, 0.25) is 0 Å². The van der Waals surface area contributed by atoms with Crippen LogP contribution in [0.4, 0.5) is 0 Å². The van der Waals surface area contributed by atoms with Gasteiger partial charge >= 0.3 is 0 Å². The summed E-state index contributed by atoms with van der Waals surface area (Å²) in [7, 11) is 0. The highest BCUT2D eigenvalue weighted by molar-refractivity contribution is 6.30. The second kappa shape index (κ2) is 8.77. The Morgan fingerprint density at radius 2 is 1.81 bits per heavy atom. The van der Waals surface area contributed by atoms with Crippen molar-refractivity contribution in [3.05, 3.63) is 34.9 Å². The van der Waals surface area contributed by atoms with Crippen molar-refractivity contribution in [1.82, 2.24) is 5.32 Å². The van der Waals surface area contributed by atoms with Gasteiger partial charge in [-0.3, -0.25) is 0 Å². The molecule has 2 rings (SSSR count). The number of benzene rings is 1. The highest BCUT2D eigenvalue weighted by atomic mass is 35.5. The molecule has 21 heavy (non-hydrogen) atoms. The molecular formula is C18H28ClNO.